The van der Waals surface area contributed by atoms with E-state index in [1.807, 2.05) is 60.7 Å². The van der Waals surface area contributed by atoms with Gasteiger partial charge in [0.05, 0.1) is 6.04 Å². The average Bonchev–Trinajstić information content (AvgIpc) is 3.00. The van der Waals surface area contributed by atoms with Crippen molar-refractivity contribution in [1.29, 1.82) is 0 Å². The minimum absolute atomic E-state index is 0.0648. The van der Waals surface area contributed by atoms with Gasteiger partial charge in [-0.2, -0.15) is 0 Å². The number of carbonyl (C=O) groups excluding carboxylic acids is 1. The summed E-state index contributed by atoms with van der Waals surface area (Å²) in [6, 6.07) is 21.5. The predicted molar refractivity (Wildman–Crippen MR) is 101 cm³/mol. The molecule has 1 amide bonds. The molecule has 3 aromatic rings. The number of benzene rings is 2. The number of nitrogens with one attached hydrogen (secondary N) is 1. The van der Waals surface area contributed by atoms with Crippen molar-refractivity contribution in [2.75, 3.05) is 0 Å². The van der Waals surface area contributed by atoms with E-state index in [1.54, 1.807) is 0 Å². The van der Waals surface area contributed by atoms with Crippen molar-refractivity contribution in [3.8, 4) is 11.8 Å². The molecule has 2 aromatic carbocycles. The van der Waals surface area contributed by atoms with Gasteiger partial charge in [0.25, 0.3) is 0 Å². The van der Waals surface area contributed by atoms with Crippen molar-refractivity contribution in [2.24, 2.45) is 0 Å². The minimum atomic E-state index is -0.550. The normalized spacial score (nSPS) is 11.7. The molecule has 6 heteroatoms. The van der Waals surface area contributed by atoms with E-state index in [4.69, 9.17) is 4.74 Å². The fourth-order valence-corrected chi connectivity index (χ4v) is 2.85. The first kappa shape index (κ1) is 18.4. The molecule has 0 bridgehead atoms. The smallest absolute Gasteiger partial charge is 0.407 e. The van der Waals surface area contributed by atoms with Gasteiger partial charge in [-0.3, -0.25) is 4.57 Å². The van der Waals surface area contributed by atoms with Crippen molar-refractivity contribution in [1.82, 2.24) is 9.88 Å². The number of aromatic hydroxyl groups is 2. The molecule has 1 unspecified atom stereocenters. The number of carbonyl (C=O) groups is 1. The van der Waals surface area contributed by atoms with E-state index in [0.717, 1.165) is 11.1 Å². The quantitative estimate of drug-likeness (QED) is 0.598. The second-order valence-corrected chi connectivity index (χ2v) is 6.25. The molecule has 1 heterocycles. The number of nitrogens with zero attached hydrogens (tertiary/aromatic N) is 1. The summed E-state index contributed by atoms with van der Waals surface area (Å²) in [6.45, 7) is 0.380. The maximum Gasteiger partial charge on any atom is 0.407 e. The van der Waals surface area contributed by atoms with Crippen molar-refractivity contribution in [3.05, 3.63) is 83.9 Å². The van der Waals surface area contributed by atoms with Gasteiger partial charge in [-0.25, -0.2) is 4.79 Å². The highest BCUT2D eigenvalue weighted by Crippen LogP contribution is 2.22. The van der Waals surface area contributed by atoms with Crippen LogP contribution < -0.4 is 5.32 Å². The molecular formula is C21H22N2O4. The molecule has 27 heavy (non-hydrogen) atoms. The molecule has 0 aliphatic carbocycles. The lowest BCUT2D eigenvalue weighted by Gasteiger charge is -2.20. The van der Waals surface area contributed by atoms with Crippen molar-refractivity contribution in [3.63, 3.8) is 0 Å². The highest BCUT2D eigenvalue weighted by atomic mass is 16.5. The Morgan fingerprint density at radius 3 is 2.04 bits per heavy atom. The zero-order chi connectivity index (χ0) is 19.1. The Morgan fingerprint density at radius 2 is 1.44 bits per heavy atom. The molecule has 6 nitrogen and oxygen atoms in total. The average molecular weight is 366 g/mol. The highest BCUT2D eigenvalue weighted by molar-refractivity contribution is 5.67. The first-order chi connectivity index (χ1) is 13.1. The van der Waals surface area contributed by atoms with Crippen LogP contribution in [0.3, 0.4) is 0 Å². The van der Waals surface area contributed by atoms with Gasteiger partial charge in [-0.05, 0) is 17.5 Å². The van der Waals surface area contributed by atoms with Crippen LogP contribution in [-0.4, -0.2) is 26.9 Å². The lowest BCUT2D eigenvalue weighted by Crippen LogP contribution is -2.39. The number of rotatable bonds is 7. The fraction of sp³-hybridized carbons (Fsp3) is 0.190. The Hall–Kier alpha value is -3.41. The predicted octanol–water partition coefficient (Wildman–Crippen LogP) is 3.44. The second-order valence-electron chi connectivity index (χ2n) is 6.25. The highest BCUT2D eigenvalue weighted by Gasteiger charge is 2.18. The van der Waals surface area contributed by atoms with Gasteiger partial charge >= 0.3 is 6.09 Å². The van der Waals surface area contributed by atoms with Gasteiger partial charge in [0.2, 0.25) is 0 Å². The van der Waals surface area contributed by atoms with E-state index in [-0.39, 0.29) is 31.0 Å². The molecule has 0 saturated heterocycles. The zero-order valence-electron chi connectivity index (χ0n) is 14.8. The molecule has 0 saturated carbocycles. The first-order valence-electron chi connectivity index (χ1n) is 8.70. The van der Waals surface area contributed by atoms with E-state index in [0.29, 0.717) is 6.42 Å². The van der Waals surface area contributed by atoms with Gasteiger partial charge < -0.3 is 20.3 Å². The Labute approximate surface area is 157 Å². The van der Waals surface area contributed by atoms with Crippen molar-refractivity contribution in [2.45, 2.75) is 25.6 Å². The van der Waals surface area contributed by atoms with Crippen LogP contribution in [0.15, 0.2) is 72.8 Å². The molecule has 3 N–H and O–H groups in total. The molecule has 0 spiro atoms. The lowest BCUT2D eigenvalue weighted by atomic mass is 10.1. The maximum absolute atomic E-state index is 12.2. The summed E-state index contributed by atoms with van der Waals surface area (Å²) in [4.78, 5) is 12.2. The van der Waals surface area contributed by atoms with Crippen LogP contribution in [-0.2, 0) is 24.3 Å². The fourth-order valence-electron chi connectivity index (χ4n) is 2.85. The molecule has 140 valence electrons. The Kier molecular flexibility index (Phi) is 5.99. The molecule has 3 rings (SSSR count). The van der Waals surface area contributed by atoms with Crippen LogP contribution in [0.4, 0.5) is 4.79 Å². The largest absolute Gasteiger partial charge is 0.494 e. The standard InChI is InChI=1S/C21H22N2O4/c24-19-11-12-20(25)23(19)14-18(13-16-7-3-1-4-8-16)22-21(26)27-15-17-9-5-2-6-10-17/h1-12,18,24-25H,13-15H2,(H,22,26). The number of hydrogen-bond donors (Lipinski definition) is 3. The van der Waals surface area contributed by atoms with Crippen LogP contribution in [0.5, 0.6) is 11.8 Å². The summed E-state index contributed by atoms with van der Waals surface area (Å²) in [5.41, 5.74) is 1.92. The van der Waals surface area contributed by atoms with E-state index in [9.17, 15) is 15.0 Å². The van der Waals surface area contributed by atoms with Gasteiger partial charge in [0.1, 0.15) is 6.61 Å². The summed E-state index contributed by atoms with van der Waals surface area (Å²) in [7, 11) is 0. The van der Waals surface area contributed by atoms with Gasteiger partial charge in [-0.1, -0.05) is 60.7 Å². The van der Waals surface area contributed by atoms with Gasteiger partial charge in [-0.15, -0.1) is 0 Å². The Bertz CT molecular complexity index is 843. The number of hydrogen-bond acceptors (Lipinski definition) is 4. The Balaban J connectivity index is 1.66. The zero-order valence-corrected chi connectivity index (χ0v) is 14.8. The summed E-state index contributed by atoms with van der Waals surface area (Å²) in [5.74, 6) is -0.130. The molecule has 0 fully saturated rings. The van der Waals surface area contributed by atoms with Crippen LogP contribution in [0.2, 0.25) is 0 Å². The Morgan fingerprint density at radius 1 is 0.889 bits per heavy atom. The van der Waals surface area contributed by atoms with Gasteiger partial charge in [0.15, 0.2) is 11.8 Å². The van der Waals surface area contributed by atoms with Crippen LogP contribution in [0.1, 0.15) is 11.1 Å². The molecular weight excluding hydrogens is 344 g/mol. The van der Waals surface area contributed by atoms with Crippen LogP contribution >= 0.6 is 0 Å². The molecule has 0 radical (unpaired) electrons. The summed E-state index contributed by atoms with van der Waals surface area (Å²) < 4.78 is 6.63. The third-order valence-electron chi connectivity index (χ3n) is 4.20. The van der Waals surface area contributed by atoms with E-state index < -0.39 is 6.09 Å². The maximum atomic E-state index is 12.2. The third-order valence-corrected chi connectivity index (χ3v) is 4.20. The van der Waals surface area contributed by atoms with E-state index >= 15 is 0 Å². The molecule has 0 aliphatic heterocycles. The third kappa shape index (κ3) is 5.28. The van der Waals surface area contributed by atoms with Crippen molar-refractivity contribution >= 4 is 6.09 Å². The summed E-state index contributed by atoms with van der Waals surface area (Å²) >= 11 is 0. The number of ether oxygens (including phenoxy) is 1. The number of alkyl carbamates (subject to hydrolysis) is 1. The topological polar surface area (TPSA) is 83.7 Å². The number of aromatic nitrogens is 1. The lowest BCUT2D eigenvalue weighted by molar-refractivity contribution is 0.134. The molecule has 1 aromatic heterocycles. The number of amides is 1. The molecule has 0 aliphatic rings. The second kappa shape index (κ2) is 8.80. The molecule has 1 atom stereocenters. The summed E-state index contributed by atoms with van der Waals surface area (Å²) in [5, 5.41) is 22.6. The SMILES string of the molecule is O=C(NC(Cc1ccccc1)Cn1c(O)ccc1O)OCc1ccccc1. The van der Waals surface area contributed by atoms with E-state index in [2.05, 4.69) is 5.32 Å². The van der Waals surface area contributed by atoms with E-state index in [1.165, 1.54) is 16.7 Å². The van der Waals surface area contributed by atoms with Crippen LogP contribution in [0, 0.1) is 0 Å². The van der Waals surface area contributed by atoms with Crippen molar-refractivity contribution < 1.29 is 19.7 Å². The minimum Gasteiger partial charge on any atom is -0.494 e. The monoisotopic (exact) mass is 366 g/mol. The first-order valence-corrected chi connectivity index (χ1v) is 8.70. The van der Waals surface area contributed by atoms with Crippen LogP contribution in [0.25, 0.3) is 0 Å². The van der Waals surface area contributed by atoms with Gasteiger partial charge in [0, 0.05) is 18.7 Å². The summed E-state index contributed by atoms with van der Waals surface area (Å²) in [6.07, 6.45) is -0.0239.